The Morgan fingerprint density at radius 3 is 2.78 bits per heavy atom. The molecule has 0 saturated carbocycles. The fourth-order valence-electron chi connectivity index (χ4n) is 2.13. The second kappa shape index (κ2) is 5.21. The number of hydrogen-bond acceptors (Lipinski definition) is 4. The number of anilines is 1. The van der Waals surface area contributed by atoms with Crippen LogP contribution in [0, 0.1) is 0 Å². The highest BCUT2D eigenvalue weighted by molar-refractivity contribution is 5.85. The summed E-state index contributed by atoms with van der Waals surface area (Å²) in [6.45, 7) is 4.41. The third-order valence-electron chi connectivity index (χ3n) is 3.33. The Kier molecular flexibility index (Phi) is 3.65. The van der Waals surface area contributed by atoms with Gasteiger partial charge in [0.05, 0.1) is 19.0 Å². The first-order valence-electron chi connectivity index (χ1n) is 6.22. The fourth-order valence-corrected chi connectivity index (χ4v) is 2.13. The number of nitrogens with zero attached hydrogens (tertiary/aromatic N) is 2. The van der Waals surface area contributed by atoms with Gasteiger partial charge in [-0.25, -0.2) is 4.98 Å². The Labute approximate surface area is 107 Å². The highest BCUT2D eigenvalue weighted by Crippen LogP contribution is 2.32. The van der Waals surface area contributed by atoms with Gasteiger partial charge in [0.1, 0.15) is 0 Å². The Morgan fingerprint density at radius 1 is 1.39 bits per heavy atom. The minimum Gasteiger partial charge on any atom is -0.481 e. The van der Waals surface area contributed by atoms with Crippen LogP contribution in [0.4, 0.5) is 5.69 Å². The van der Waals surface area contributed by atoms with Gasteiger partial charge in [-0.15, -0.1) is 0 Å². The monoisotopic (exact) mass is 245 g/mol. The van der Waals surface area contributed by atoms with Gasteiger partial charge in [0, 0.05) is 18.5 Å². The second-order valence-corrected chi connectivity index (χ2v) is 4.37. The van der Waals surface area contributed by atoms with E-state index in [0.29, 0.717) is 11.8 Å². The van der Waals surface area contributed by atoms with Crippen LogP contribution in [-0.2, 0) is 0 Å². The number of hydrogen-bond donors (Lipinski definition) is 1. The molecular weight excluding hydrogens is 226 g/mol. The van der Waals surface area contributed by atoms with Crippen molar-refractivity contribution in [3.05, 3.63) is 23.9 Å². The predicted octanol–water partition coefficient (Wildman–Crippen LogP) is 3.19. The Morgan fingerprint density at radius 2 is 2.17 bits per heavy atom. The lowest BCUT2D eigenvalue weighted by Crippen LogP contribution is -2.03. The van der Waals surface area contributed by atoms with Gasteiger partial charge >= 0.3 is 0 Å². The van der Waals surface area contributed by atoms with Gasteiger partial charge in [-0.1, -0.05) is 13.8 Å². The molecule has 0 amide bonds. The first-order valence-corrected chi connectivity index (χ1v) is 6.22. The number of aromatic nitrogens is 2. The molecule has 2 aromatic rings. The van der Waals surface area contributed by atoms with E-state index >= 15 is 0 Å². The van der Waals surface area contributed by atoms with Gasteiger partial charge < -0.3 is 10.1 Å². The van der Waals surface area contributed by atoms with Gasteiger partial charge in [0.2, 0.25) is 5.88 Å². The van der Waals surface area contributed by atoms with Crippen molar-refractivity contribution < 1.29 is 4.74 Å². The summed E-state index contributed by atoms with van der Waals surface area (Å²) in [6, 6.07) is 3.92. The van der Waals surface area contributed by atoms with E-state index < -0.39 is 0 Å². The number of fused-ring (bicyclic) bond motifs is 1. The lowest BCUT2D eigenvalue weighted by Gasteiger charge is -2.17. The van der Waals surface area contributed by atoms with Crippen molar-refractivity contribution in [1.29, 1.82) is 0 Å². The third-order valence-corrected chi connectivity index (χ3v) is 3.33. The molecule has 1 N–H and O–H groups in total. The van der Waals surface area contributed by atoms with E-state index in [1.54, 1.807) is 7.11 Å². The number of ether oxygens (including phenoxy) is 1. The molecule has 96 valence electrons. The highest BCUT2D eigenvalue weighted by Gasteiger charge is 2.14. The van der Waals surface area contributed by atoms with Gasteiger partial charge in [-0.2, -0.15) is 4.98 Å². The van der Waals surface area contributed by atoms with E-state index in [1.807, 2.05) is 25.4 Å². The molecule has 0 radical (unpaired) electrons. The van der Waals surface area contributed by atoms with E-state index in [-0.39, 0.29) is 0 Å². The molecule has 0 fully saturated rings. The predicted molar refractivity (Wildman–Crippen MR) is 74.3 cm³/mol. The van der Waals surface area contributed by atoms with Crippen LogP contribution >= 0.6 is 0 Å². The van der Waals surface area contributed by atoms with Crippen LogP contribution < -0.4 is 10.1 Å². The first-order chi connectivity index (χ1) is 8.71. The molecule has 0 aliphatic carbocycles. The zero-order valence-corrected chi connectivity index (χ0v) is 11.3. The molecule has 0 spiro atoms. The average Bonchev–Trinajstić information content (AvgIpc) is 2.44. The number of nitrogens with one attached hydrogen (secondary N) is 1. The summed E-state index contributed by atoms with van der Waals surface area (Å²) in [5, 5.41) is 4.30. The minimum absolute atomic E-state index is 0.466. The summed E-state index contributed by atoms with van der Waals surface area (Å²) in [7, 11) is 3.54. The van der Waals surface area contributed by atoms with Crippen LogP contribution in [0.2, 0.25) is 0 Å². The van der Waals surface area contributed by atoms with E-state index in [2.05, 4.69) is 29.1 Å². The largest absolute Gasteiger partial charge is 0.481 e. The van der Waals surface area contributed by atoms with Crippen LogP contribution in [0.15, 0.2) is 18.3 Å². The maximum atomic E-state index is 5.14. The van der Waals surface area contributed by atoms with Crippen molar-refractivity contribution >= 4 is 16.7 Å². The Bertz CT molecular complexity index is 554. The summed E-state index contributed by atoms with van der Waals surface area (Å²) in [5.41, 5.74) is 3.09. The molecule has 4 nitrogen and oxygen atoms in total. The molecule has 0 saturated heterocycles. The average molecular weight is 245 g/mol. The van der Waals surface area contributed by atoms with E-state index in [4.69, 9.17) is 4.74 Å². The molecule has 2 rings (SSSR count). The van der Waals surface area contributed by atoms with Crippen molar-refractivity contribution in [2.45, 2.75) is 26.2 Å². The van der Waals surface area contributed by atoms with Crippen molar-refractivity contribution in [2.75, 3.05) is 19.5 Å². The third kappa shape index (κ3) is 2.10. The Balaban J connectivity index is 2.69. The number of pyridine rings is 2. The lowest BCUT2D eigenvalue weighted by molar-refractivity contribution is 0.399. The molecule has 1 unspecified atom stereocenters. The van der Waals surface area contributed by atoms with Crippen molar-refractivity contribution in [2.24, 2.45) is 0 Å². The van der Waals surface area contributed by atoms with Crippen LogP contribution in [-0.4, -0.2) is 24.1 Å². The van der Waals surface area contributed by atoms with Gasteiger partial charge in [-0.05, 0) is 24.0 Å². The quantitative estimate of drug-likeness (QED) is 0.898. The normalized spacial score (nSPS) is 12.4. The smallest absolute Gasteiger partial charge is 0.215 e. The molecule has 18 heavy (non-hydrogen) atoms. The standard InChI is InChI=1S/C14H19N3O/c1-5-9(2)13-10-6-7-12(18-4)17-14(10)16-8-11(13)15-3/h6-9,15H,5H2,1-4H3. The first kappa shape index (κ1) is 12.6. The number of methoxy groups -OCH3 is 1. The van der Waals surface area contributed by atoms with Crippen LogP contribution in [0.1, 0.15) is 31.7 Å². The summed E-state index contributed by atoms with van der Waals surface area (Å²) < 4.78 is 5.14. The summed E-state index contributed by atoms with van der Waals surface area (Å²) in [5.74, 6) is 1.07. The Hall–Kier alpha value is -1.84. The van der Waals surface area contributed by atoms with E-state index in [1.165, 1.54) is 5.56 Å². The van der Waals surface area contributed by atoms with Crippen molar-refractivity contribution in [1.82, 2.24) is 9.97 Å². The zero-order chi connectivity index (χ0) is 13.1. The van der Waals surface area contributed by atoms with Gasteiger partial charge in [0.15, 0.2) is 5.65 Å². The summed E-state index contributed by atoms with van der Waals surface area (Å²) in [4.78, 5) is 8.77. The molecule has 4 heteroatoms. The van der Waals surface area contributed by atoms with Crippen LogP contribution in [0.5, 0.6) is 5.88 Å². The minimum atomic E-state index is 0.466. The van der Waals surface area contributed by atoms with E-state index in [9.17, 15) is 0 Å². The summed E-state index contributed by atoms with van der Waals surface area (Å²) in [6.07, 6.45) is 2.93. The van der Waals surface area contributed by atoms with Crippen LogP contribution in [0.3, 0.4) is 0 Å². The van der Waals surface area contributed by atoms with Gasteiger partial charge in [0.25, 0.3) is 0 Å². The molecular formula is C14H19N3O. The highest BCUT2D eigenvalue weighted by atomic mass is 16.5. The fraction of sp³-hybridized carbons (Fsp3) is 0.429. The summed E-state index contributed by atoms with van der Waals surface area (Å²) >= 11 is 0. The van der Waals surface area contributed by atoms with Crippen molar-refractivity contribution in [3.63, 3.8) is 0 Å². The molecule has 1 atom stereocenters. The molecule has 0 aromatic carbocycles. The zero-order valence-electron chi connectivity index (χ0n) is 11.3. The van der Waals surface area contributed by atoms with Gasteiger partial charge in [-0.3, -0.25) is 0 Å². The molecule has 0 aliphatic rings. The maximum absolute atomic E-state index is 5.14. The van der Waals surface area contributed by atoms with Crippen molar-refractivity contribution in [3.8, 4) is 5.88 Å². The van der Waals surface area contributed by atoms with E-state index in [0.717, 1.165) is 23.1 Å². The second-order valence-electron chi connectivity index (χ2n) is 4.37. The topological polar surface area (TPSA) is 47.0 Å². The molecule has 2 heterocycles. The molecule has 0 bridgehead atoms. The SMILES string of the molecule is CCC(C)c1c(NC)cnc2nc(OC)ccc12. The lowest BCUT2D eigenvalue weighted by atomic mass is 9.94. The molecule has 0 aliphatic heterocycles. The maximum Gasteiger partial charge on any atom is 0.215 e. The van der Waals surface area contributed by atoms with Crippen LogP contribution in [0.25, 0.3) is 11.0 Å². The number of rotatable bonds is 4. The molecule has 2 aromatic heterocycles.